The highest BCUT2D eigenvalue weighted by molar-refractivity contribution is 5.83. The lowest BCUT2D eigenvalue weighted by molar-refractivity contribution is -0.146. The molecule has 3 N–H and O–H groups in total. The maximum Gasteiger partial charge on any atom is 0.323 e. The molecule has 16 heavy (non-hydrogen) atoms. The van der Waals surface area contributed by atoms with E-state index in [0.717, 1.165) is 0 Å². The summed E-state index contributed by atoms with van der Waals surface area (Å²) < 4.78 is 0. The van der Waals surface area contributed by atoms with Crippen molar-refractivity contribution >= 4 is 11.9 Å². The molecule has 0 bridgehead atoms. The number of amides is 1. The van der Waals surface area contributed by atoms with Gasteiger partial charge < -0.3 is 15.7 Å². The molecule has 0 heterocycles. The number of likely N-dealkylation sites (N-methyl/N-ethyl adjacent to an activating group) is 1. The van der Waals surface area contributed by atoms with Crippen LogP contribution in [0.25, 0.3) is 0 Å². The molecule has 0 aliphatic rings. The summed E-state index contributed by atoms with van der Waals surface area (Å²) in [5, 5.41) is 8.68. The van der Waals surface area contributed by atoms with Crippen LogP contribution in [0.3, 0.4) is 0 Å². The van der Waals surface area contributed by atoms with Crippen molar-refractivity contribution < 1.29 is 14.7 Å². The second-order valence-corrected chi connectivity index (χ2v) is 4.31. The van der Waals surface area contributed by atoms with Gasteiger partial charge in [-0.05, 0) is 19.3 Å². The maximum absolute atomic E-state index is 12.0. The molecule has 0 saturated heterocycles. The van der Waals surface area contributed by atoms with Crippen molar-refractivity contribution in [1.29, 1.82) is 0 Å². The van der Waals surface area contributed by atoms with Gasteiger partial charge in [0, 0.05) is 13.1 Å². The number of carbonyl (C=O) groups is 2. The SMILES string of the molecule is CCN(CC(=O)O)C(=O)C(CN)CC(C)C. The van der Waals surface area contributed by atoms with Crippen LogP contribution in [-0.4, -0.2) is 41.5 Å². The summed E-state index contributed by atoms with van der Waals surface area (Å²) in [6, 6.07) is 0. The van der Waals surface area contributed by atoms with Gasteiger partial charge in [0.1, 0.15) is 6.54 Å². The van der Waals surface area contributed by atoms with E-state index in [1.54, 1.807) is 6.92 Å². The number of nitrogens with zero attached hydrogens (tertiary/aromatic N) is 1. The fourth-order valence-electron chi connectivity index (χ4n) is 1.63. The third-order valence-corrected chi connectivity index (χ3v) is 2.41. The predicted molar refractivity (Wildman–Crippen MR) is 61.9 cm³/mol. The molecular weight excluding hydrogens is 208 g/mol. The summed E-state index contributed by atoms with van der Waals surface area (Å²) in [6.07, 6.45) is 0.700. The highest BCUT2D eigenvalue weighted by atomic mass is 16.4. The van der Waals surface area contributed by atoms with Crippen LogP contribution in [0.15, 0.2) is 0 Å². The van der Waals surface area contributed by atoms with Crippen LogP contribution < -0.4 is 5.73 Å². The summed E-state index contributed by atoms with van der Waals surface area (Å²) in [7, 11) is 0. The second kappa shape index (κ2) is 7.22. The zero-order chi connectivity index (χ0) is 12.7. The largest absolute Gasteiger partial charge is 0.480 e. The number of carbonyl (C=O) groups excluding carboxylic acids is 1. The van der Waals surface area contributed by atoms with Gasteiger partial charge in [-0.2, -0.15) is 0 Å². The van der Waals surface area contributed by atoms with E-state index in [0.29, 0.717) is 18.9 Å². The van der Waals surface area contributed by atoms with Gasteiger partial charge in [-0.25, -0.2) is 0 Å². The summed E-state index contributed by atoms with van der Waals surface area (Å²) in [5.41, 5.74) is 5.55. The Morgan fingerprint density at radius 1 is 1.38 bits per heavy atom. The van der Waals surface area contributed by atoms with Crippen molar-refractivity contribution in [1.82, 2.24) is 4.90 Å². The normalized spacial score (nSPS) is 12.6. The van der Waals surface area contributed by atoms with E-state index in [1.807, 2.05) is 13.8 Å². The van der Waals surface area contributed by atoms with Crippen LogP contribution in [0.2, 0.25) is 0 Å². The lowest BCUT2D eigenvalue weighted by atomic mass is 9.96. The van der Waals surface area contributed by atoms with Crippen molar-refractivity contribution in [2.24, 2.45) is 17.6 Å². The topological polar surface area (TPSA) is 83.6 Å². The summed E-state index contributed by atoms with van der Waals surface area (Å²) >= 11 is 0. The molecule has 1 amide bonds. The molecule has 1 unspecified atom stereocenters. The third-order valence-electron chi connectivity index (χ3n) is 2.41. The van der Waals surface area contributed by atoms with Crippen molar-refractivity contribution in [3.8, 4) is 0 Å². The minimum absolute atomic E-state index is 0.152. The Labute approximate surface area is 96.6 Å². The maximum atomic E-state index is 12.0. The quantitative estimate of drug-likeness (QED) is 0.668. The number of aliphatic carboxylic acids is 1. The number of carboxylic acid groups (broad SMARTS) is 1. The Morgan fingerprint density at radius 2 is 1.94 bits per heavy atom. The van der Waals surface area contributed by atoms with Gasteiger partial charge in [0.15, 0.2) is 0 Å². The van der Waals surface area contributed by atoms with Gasteiger partial charge in [0.2, 0.25) is 5.91 Å². The first-order valence-corrected chi connectivity index (χ1v) is 5.62. The molecule has 5 heteroatoms. The smallest absolute Gasteiger partial charge is 0.323 e. The number of rotatable bonds is 7. The Balaban J connectivity index is 4.50. The Hall–Kier alpha value is -1.10. The standard InChI is InChI=1S/C11H22N2O3/c1-4-13(7-10(14)15)11(16)9(6-12)5-8(2)3/h8-9H,4-7,12H2,1-3H3,(H,14,15). The van der Waals surface area contributed by atoms with Gasteiger partial charge >= 0.3 is 5.97 Å². The van der Waals surface area contributed by atoms with Gasteiger partial charge in [-0.15, -0.1) is 0 Å². The van der Waals surface area contributed by atoms with Crippen LogP contribution in [0.5, 0.6) is 0 Å². The molecule has 0 saturated carbocycles. The number of hydrogen-bond acceptors (Lipinski definition) is 3. The lowest BCUT2D eigenvalue weighted by Crippen LogP contribution is -2.42. The van der Waals surface area contributed by atoms with Crippen molar-refractivity contribution in [3.63, 3.8) is 0 Å². The van der Waals surface area contributed by atoms with Crippen LogP contribution in [-0.2, 0) is 9.59 Å². The first kappa shape index (κ1) is 14.9. The molecule has 0 aromatic rings. The Kier molecular flexibility index (Phi) is 6.72. The average molecular weight is 230 g/mol. The molecule has 1 atom stereocenters. The zero-order valence-corrected chi connectivity index (χ0v) is 10.3. The van der Waals surface area contributed by atoms with Gasteiger partial charge in [0.05, 0.1) is 5.92 Å². The van der Waals surface area contributed by atoms with Gasteiger partial charge in [-0.1, -0.05) is 13.8 Å². The first-order chi connectivity index (χ1) is 7.42. The van der Waals surface area contributed by atoms with E-state index in [1.165, 1.54) is 4.90 Å². The minimum atomic E-state index is -0.990. The molecule has 0 aromatic heterocycles. The average Bonchev–Trinajstić information content (AvgIpc) is 2.20. The van der Waals surface area contributed by atoms with Crippen LogP contribution in [0.1, 0.15) is 27.2 Å². The van der Waals surface area contributed by atoms with Crippen LogP contribution in [0, 0.1) is 11.8 Å². The monoisotopic (exact) mass is 230 g/mol. The van der Waals surface area contributed by atoms with Crippen molar-refractivity contribution in [3.05, 3.63) is 0 Å². The zero-order valence-electron chi connectivity index (χ0n) is 10.3. The van der Waals surface area contributed by atoms with Gasteiger partial charge in [-0.3, -0.25) is 9.59 Å². The van der Waals surface area contributed by atoms with Crippen LogP contribution in [0.4, 0.5) is 0 Å². The summed E-state index contributed by atoms with van der Waals surface area (Å²) in [5.74, 6) is -1.03. The fourth-order valence-corrected chi connectivity index (χ4v) is 1.63. The van der Waals surface area contributed by atoms with E-state index in [9.17, 15) is 9.59 Å². The fraction of sp³-hybridized carbons (Fsp3) is 0.818. The lowest BCUT2D eigenvalue weighted by Gasteiger charge is -2.25. The minimum Gasteiger partial charge on any atom is -0.480 e. The van der Waals surface area contributed by atoms with E-state index in [-0.39, 0.29) is 24.9 Å². The molecule has 0 radical (unpaired) electrons. The molecule has 5 nitrogen and oxygen atoms in total. The molecular formula is C11H22N2O3. The summed E-state index contributed by atoms with van der Waals surface area (Å²) in [6.45, 7) is 6.23. The number of hydrogen-bond donors (Lipinski definition) is 2. The highest BCUT2D eigenvalue weighted by Gasteiger charge is 2.24. The molecule has 0 aromatic carbocycles. The van der Waals surface area contributed by atoms with Gasteiger partial charge in [0.25, 0.3) is 0 Å². The molecule has 94 valence electrons. The Morgan fingerprint density at radius 3 is 2.25 bits per heavy atom. The Bertz CT molecular complexity index is 241. The van der Waals surface area contributed by atoms with Crippen LogP contribution >= 0.6 is 0 Å². The molecule has 0 aliphatic carbocycles. The second-order valence-electron chi connectivity index (χ2n) is 4.31. The molecule has 0 rings (SSSR count). The molecule has 0 fully saturated rings. The number of carboxylic acids is 1. The predicted octanol–water partition coefficient (Wildman–Crippen LogP) is 0.540. The van der Waals surface area contributed by atoms with E-state index < -0.39 is 5.97 Å². The number of nitrogens with two attached hydrogens (primary N) is 1. The first-order valence-electron chi connectivity index (χ1n) is 5.62. The third kappa shape index (κ3) is 5.11. The molecule has 0 aliphatic heterocycles. The molecule has 0 spiro atoms. The van der Waals surface area contributed by atoms with Crippen molar-refractivity contribution in [2.45, 2.75) is 27.2 Å². The summed E-state index contributed by atoms with van der Waals surface area (Å²) in [4.78, 5) is 23.9. The van der Waals surface area contributed by atoms with Crippen molar-refractivity contribution in [2.75, 3.05) is 19.6 Å². The van der Waals surface area contributed by atoms with E-state index in [4.69, 9.17) is 10.8 Å². The highest BCUT2D eigenvalue weighted by Crippen LogP contribution is 2.13. The van der Waals surface area contributed by atoms with E-state index in [2.05, 4.69) is 0 Å². The van der Waals surface area contributed by atoms with E-state index >= 15 is 0 Å².